The Bertz CT molecular complexity index is 1670. The first kappa shape index (κ1) is 26.1. The lowest BCUT2D eigenvalue weighted by atomic mass is 10.0. The topological polar surface area (TPSA) is 97.1 Å². The molecule has 0 radical (unpaired) electrons. The van der Waals surface area contributed by atoms with Crippen LogP contribution in [0.15, 0.2) is 114 Å². The van der Waals surface area contributed by atoms with Crippen molar-refractivity contribution in [2.75, 3.05) is 12.0 Å². The van der Waals surface area contributed by atoms with Gasteiger partial charge in [0, 0.05) is 17.4 Å². The van der Waals surface area contributed by atoms with E-state index in [0.717, 1.165) is 22.7 Å². The molecule has 6 rings (SSSR count). The van der Waals surface area contributed by atoms with Gasteiger partial charge in [0.2, 0.25) is 0 Å². The van der Waals surface area contributed by atoms with Crippen LogP contribution in [0.4, 0.5) is 5.69 Å². The molecule has 1 aliphatic heterocycles. The fraction of sp³-hybridized carbons (Fsp3) is 0.0938. The lowest BCUT2D eigenvalue weighted by Gasteiger charge is -2.26. The number of rotatable bonds is 8. The zero-order valence-electron chi connectivity index (χ0n) is 21.9. The summed E-state index contributed by atoms with van der Waals surface area (Å²) in [5.41, 5.74) is 2.67. The van der Waals surface area contributed by atoms with Crippen LogP contribution < -0.4 is 19.7 Å². The lowest BCUT2D eigenvalue weighted by Crippen LogP contribution is -2.29. The van der Waals surface area contributed by atoms with Crippen LogP contribution in [0, 0.1) is 0 Å². The first-order valence-electron chi connectivity index (χ1n) is 12.9. The van der Waals surface area contributed by atoms with Crippen LogP contribution >= 0.6 is 12.2 Å². The molecule has 0 saturated carbocycles. The van der Waals surface area contributed by atoms with Gasteiger partial charge in [-0.05, 0) is 97.1 Å². The monoisotopic (exact) mass is 563 g/mol. The van der Waals surface area contributed by atoms with Gasteiger partial charge in [0.05, 0.1) is 24.4 Å². The Morgan fingerprint density at radius 1 is 0.902 bits per heavy atom. The maximum absolute atomic E-state index is 11.3. The second-order valence-corrected chi connectivity index (χ2v) is 9.74. The molecule has 1 aliphatic rings. The number of hydrogen-bond acceptors (Lipinski definition) is 6. The van der Waals surface area contributed by atoms with Gasteiger partial charge in [-0.15, -0.1) is 0 Å². The molecule has 204 valence electrons. The molecule has 0 unspecified atom stereocenters. The number of aromatic nitrogens is 1. The molecule has 0 bridgehead atoms. The Kier molecular flexibility index (Phi) is 7.09. The molecule has 0 aliphatic carbocycles. The van der Waals surface area contributed by atoms with E-state index in [4.69, 9.17) is 26.1 Å². The van der Waals surface area contributed by atoms with Crippen molar-refractivity contribution in [1.29, 1.82) is 0 Å². The van der Waals surface area contributed by atoms with Gasteiger partial charge in [-0.1, -0.05) is 18.2 Å². The van der Waals surface area contributed by atoms with Gasteiger partial charge < -0.3 is 29.2 Å². The first-order chi connectivity index (χ1) is 20.0. The number of anilines is 1. The molecule has 2 atom stereocenters. The van der Waals surface area contributed by atoms with E-state index in [1.165, 1.54) is 0 Å². The highest BCUT2D eigenvalue weighted by molar-refractivity contribution is 7.80. The van der Waals surface area contributed by atoms with Gasteiger partial charge >= 0.3 is 5.97 Å². The number of carbonyl (C=O) groups is 1. The fourth-order valence-corrected chi connectivity index (χ4v) is 5.17. The minimum Gasteiger partial charge on any atom is -0.497 e. The van der Waals surface area contributed by atoms with Crippen LogP contribution in [0.25, 0.3) is 11.3 Å². The third-order valence-corrected chi connectivity index (χ3v) is 7.16. The summed E-state index contributed by atoms with van der Waals surface area (Å²) in [5.74, 6) is 2.47. The van der Waals surface area contributed by atoms with Crippen molar-refractivity contribution < 1.29 is 23.8 Å². The molecular formula is C32H25N3O5S. The van der Waals surface area contributed by atoms with Crippen LogP contribution in [0.2, 0.25) is 0 Å². The average molecular weight is 564 g/mol. The van der Waals surface area contributed by atoms with Crippen LogP contribution in [-0.2, 0) is 0 Å². The summed E-state index contributed by atoms with van der Waals surface area (Å²) in [6, 6.07) is 30.6. The summed E-state index contributed by atoms with van der Waals surface area (Å²) in [4.78, 5) is 17.9. The number of furan rings is 1. The van der Waals surface area contributed by atoms with Crippen molar-refractivity contribution in [3.63, 3.8) is 0 Å². The van der Waals surface area contributed by atoms with E-state index < -0.39 is 5.97 Å². The largest absolute Gasteiger partial charge is 0.497 e. The maximum atomic E-state index is 11.3. The smallest absolute Gasteiger partial charge is 0.335 e. The molecule has 3 aromatic carbocycles. The van der Waals surface area contributed by atoms with Gasteiger partial charge in [0.1, 0.15) is 34.8 Å². The van der Waals surface area contributed by atoms with Crippen molar-refractivity contribution in [3.05, 3.63) is 126 Å². The summed E-state index contributed by atoms with van der Waals surface area (Å²) in [5, 5.41) is 13.2. The second-order valence-electron chi connectivity index (χ2n) is 9.35. The molecule has 0 amide bonds. The number of methoxy groups -OCH3 is 1. The van der Waals surface area contributed by atoms with Crippen LogP contribution in [0.5, 0.6) is 17.2 Å². The standard InChI is InChI=1S/C32H25N3O5S/c1-38-23-13-15-25(16-14-23)39-24-11-9-22(10-12-24)35-30(29(34-32(35)41)26-4-2-3-19-33-26)28-18-17-27(40-28)20-5-7-21(8-6-20)31(36)37/h2-19,29-30H,1H3,(H,34,41)(H,36,37)/t29-,30-/m0/s1. The molecule has 1 fully saturated rings. The highest BCUT2D eigenvalue weighted by Gasteiger charge is 2.42. The first-order valence-corrected chi connectivity index (χ1v) is 13.3. The quantitative estimate of drug-likeness (QED) is 0.193. The molecular weight excluding hydrogens is 538 g/mol. The molecule has 0 spiro atoms. The Morgan fingerprint density at radius 3 is 2.22 bits per heavy atom. The molecule has 9 heteroatoms. The number of hydrogen-bond donors (Lipinski definition) is 2. The highest BCUT2D eigenvalue weighted by Crippen LogP contribution is 2.43. The average Bonchev–Trinajstić information content (AvgIpc) is 3.63. The molecule has 8 nitrogen and oxygen atoms in total. The fourth-order valence-electron chi connectivity index (χ4n) is 4.82. The van der Waals surface area contributed by atoms with Crippen molar-refractivity contribution in [2.45, 2.75) is 12.1 Å². The number of carboxylic acid groups (broad SMARTS) is 1. The summed E-state index contributed by atoms with van der Waals surface area (Å²) >= 11 is 5.82. The number of nitrogens with one attached hydrogen (secondary N) is 1. The number of aromatic carboxylic acids is 1. The summed E-state index contributed by atoms with van der Waals surface area (Å²) < 4.78 is 17.6. The van der Waals surface area contributed by atoms with Crippen LogP contribution in [-0.4, -0.2) is 28.3 Å². The minimum absolute atomic E-state index is 0.215. The number of benzene rings is 3. The predicted octanol–water partition coefficient (Wildman–Crippen LogP) is 7.02. The summed E-state index contributed by atoms with van der Waals surface area (Å²) in [6.07, 6.45) is 1.75. The second kappa shape index (κ2) is 11.1. The third-order valence-electron chi connectivity index (χ3n) is 6.84. The van der Waals surface area contributed by atoms with E-state index in [1.807, 2.05) is 83.8 Å². The summed E-state index contributed by atoms with van der Waals surface area (Å²) in [7, 11) is 1.62. The van der Waals surface area contributed by atoms with Crippen molar-refractivity contribution in [3.8, 4) is 28.6 Å². The predicted molar refractivity (Wildman–Crippen MR) is 159 cm³/mol. The van der Waals surface area contributed by atoms with E-state index in [0.29, 0.717) is 28.1 Å². The van der Waals surface area contributed by atoms with Gasteiger partial charge in [-0.3, -0.25) is 4.98 Å². The maximum Gasteiger partial charge on any atom is 0.335 e. The molecule has 3 heterocycles. The number of pyridine rings is 1. The van der Waals surface area contributed by atoms with E-state index in [9.17, 15) is 9.90 Å². The minimum atomic E-state index is -0.975. The number of ether oxygens (including phenoxy) is 2. The molecule has 2 N–H and O–H groups in total. The number of carboxylic acids is 1. The number of thiocarbonyl (C=S) groups is 1. The van der Waals surface area contributed by atoms with Crippen molar-refractivity contribution >= 4 is 29.0 Å². The van der Waals surface area contributed by atoms with Gasteiger partial charge in [-0.2, -0.15) is 0 Å². The molecule has 41 heavy (non-hydrogen) atoms. The van der Waals surface area contributed by atoms with Gasteiger partial charge in [-0.25, -0.2) is 4.79 Å². The van der Waals surface area contributed by atoms with E-state index in [1.54, 1.807) is 37.6 Å². The van der Waals surface area contributed by atoms with Crippen LogP contribution in [0.3, 0.4) is 0 Å². The zero-order valence-corrected chi connectivity index (χ0v) is 22.7. The van der Waals surface area contributed by atoms with E-state index in [-0.39, 0.29) is 17.6 Å². The Balaban J connectivity index is 1.32. The Morgan fingerprint density at radius 2 is 1.59 bits per heavy atom. The van der Waals surface area contributed by atoms with Crippen molar-refractivity contribution in [2.24, 2.45) is 0 Å². The molecule has 2 aromatic heterocycles. The zero-order chi connectivity index (χ0) is 28.3. The van der Waals surface area contributed by atoms with E-state index >= 15 is 0 Å². The third kappa shape index (κ3) is 5.35. The SMILES string of the molecule is COc1ccc(Oc2ccc(N3C(=S)N[C@@H](c4ccccn4)[C@@H]3c3ccc(-c4ccc(C(=O)O)cc4)o3)cc2)cc1. The normalized spacial score (nSPS) is 16.3. The number of nitrogens with zero attached hydrogens (tertiary/aromatic N) is 2. The van der Waals surface area contributed by atoms with Gasteiger partial charge in [0.15, 0.2) is 5.11 Å². The van der Waals surface area contributed by atoms with Crippen molar-refractivity contribution in [1.82, 2.24) is 10.3 Å². The van der Waals surface area contributed by atoms with Crippen LogP contribution in [0.1, 0.15) is 33.9 Å². The lowest BCUT2D eigenvalue weighted by molar-refractivity contribution is 0.0697. The Labute approximate surface area is 241 Å². The molecule has 5 aromatic rings. The van der Waals surface area contributed by atoms with E-state index in [2.05, 4.69) is 10.3 Å². The summed E-state index contributed by atoms with van der Waals surface area (Å²) in [6.45, 7) is 0. The molecule has 1 saturated heterocycles. The Hall–Kier alpha value is -5.15. The van der Waals surface area contributed by atoms with Gasteiger partial charge in [0.25, 0.3) is 0 Å². The highest BCUT2D eigenvalue weighted by atomic mass is 32.1.